The molecule has 0 rings (SSSR count). The average molecular weight is 249 g/mol. The normalized spacial score (nSPS) is 12.2. The Kier molecular flexibility index (Phi) is 8.94. The topological polar surface area (TPSA) is 46.2 Å². The van der Waals surface area contributed by atoms with Crippen LogP contribution in [0.3, 0.4) is 0 Å². The molecule has 0 aliphatic carbocycles. The van der Waals surface area contributed by atoms with E-state index in [-0.39, 0.29) is 11.7 Å². The summed E-state index contributed by atoms with van der Waals surface area (Å²) in [7, 11) is -2.84. The highest BCUT2D eigenvalue weighted by molar-refractivity contribution is 7.91. The third-order valence-electron chi connectivity index (χ3n) is 2.38. The van der Waals surface area contributed by atoms with Crippen LogP contribution in [0.25, 0.3) is 0 Å². The zero-order valence-corrected chi connectivity index (χ0v) is 11.8. The van der Waals surface area contributed by atoms with E-state index < -0.39 is 9.84 Å². The first kappa shape index (κ1) is 15.9. The summed E-state index contributed by atoms with van der Waals surface area (Å²) in [6.07, 6.45) is 4.90. The van der Waals surface area contributed by atoms with Crippen LogP contribution in [-0.4, -0.2) is 33.0 Å². The van der Waals surface area contributed by atoms with Gasteiger partial charge < -0.3 is 5.32 Å². The molecule has 0 saturated heterocycles. The molecular weight excluding hydrogens is 222 g/mol. The lowest BCUT2D eigenvalue weighted by molar-refractivity contribution is 0.572. The molecule has 0 amide bonds. The van der Waals surface area contributed by atoms with Gasteiger partial charge in [0.2, 0.25) is 0 Å². The number of nitrogens with one attached hydrogen (secondary N) is 1. The van der Waals surface area contributed by atoms with Crippen molar-refractivity contribution in [2.24, 2.45) is 5.92 Å². The Morgan fingerprint density at radius 2 is 1.75 bits per heavy atom. The molecule has 0 spiro atoms. The molecule has 0 unspecified atom stereocenters. The zero-order chi connectivity index (χ0) is 12.4. The minimum atomic E-state index is -2.84. The number of sulfone groups is 1. The van der Waals surface area contributed by atoms with E-state index in [1.807, 2.05) is 13.8 Å². The van der Waals surface area contributed by atoms with Gasteiger partial charge in [-0.05, 0) is 18.9 Å². The predicted molar refractivity (Wildman–Crippen MR) is 70.5 cm³/mol. The highest BCUT2D eigenvalue weighted by Gasteiger charge is 2.11. The van der Waals surface area contributed by atoms with Crippen LogP contribution in [0.2, 0.25) is 0 Å². The largest absolute Gasteiger partial charge is 0.316 e. The minimum Gasteiger partial charge on any atom is -0.316 e. The molecule has 0 fully saturated rings. The van der Waals surface area contributed by atoms with E-state index in [0.717, 1.165) is 13.0 Å². The molecule has 4 heteroatoms. The van der Waals surface area contributed by atoms with E-state index >= 15 is 0 Å². The van der Waals surface area contributed by atoms with Gasteiger partial charge in [-0.15, -0.1) is 0 Å². The van der Waals surface area contributed by atoms with Gasteiger partial charge in [-0.1, -0.05) is 40.0 Å². The van der Waals surface area contributed by atoms with E-state index in [4.69, 9.17) is 0 Å². The van der Waals surface area contributed by atoms with Crippen molar-refractivity contribution >= 4 is 9.84 Å². The van der Waals surface area contributed by atoms with Gasteiger partial charge in [0.15, 0.2) is 9.84 Å². The third kappa shape index (κ3) is 10.4. The van der Waals surface area contributed by atoms with Crippen molar-refractivity contribution < 1.29 is 8.42 Å². The van der Waals surface area contributed by atoms with E-state index in [0.29, 0.717) is 12.3 Å². The average Bonchev–Trinajstić information content (AvgIpc) is 2.14. The second-order valence-electron chi connectivity index (χ2n) is 4.82. The summed E-state index contributed by atoms with van der Waals surface area (Å²) in [5.41, 5.74) is 0. The molecule has 0 aromatic heterocycles. The Balaban J connectivity index is 3.44. The van der Waals surface area contributed by atoms with Crippen molar-refractivity contribution in [2.75, 3.05) is 24.6 Å². The van der Waals surface area contributed by atoms with Crippen molar-refractivity contribution in [3.8, 4) is 0 Å². The first-order chi connectivity index (χ1) is 7.48. The lowest BCUT2D eigenvalue weighted by atomic mass is 10.2. The van der Waals surface area contributed by atoms with Crippen molar-refractivity contribution in [3.63, 3.8) is 0 Å². The summed E-state index contributed by atoms with van der Waals surface area (Å²) in [5, 5.41) is 3.19. The molecule has 0 aliphatic rings. The van der Waals surface area contributed by atoms with Gasteiger partial charge in [0.1, 0.15) is 0 Å². The second kappa shape index (κ2) is 8.99. The molecule has 0 aliphatic heterocycles. The molecule has 16 heavy (non-hydrogen) atoms. The van der Waals surface area contributed by atoms with Crippen molar-refractivity contribution in [3.05, 3.63) is 0 Å². The fourth-order valence-corrected chi connectivity index (χ4v) is 3.26. The van der Waals surface area contributed by atoms with Gasteiger partial charge in [0, 0.05) is 6.54 Å². The molecular formula is C12H27NO2S. The van der Waals surface area contributed by atoms with Crippen LogP contribution in [0.5, 0.6) is 0 Å². The molecule has 0 aromatic carbocycles. The van der Waals surface area contributed by atoms with Crippen LogP contribution in [-0.2, 0) is 9.84 Å². The van der Waals surface area contributed by atoms with E-state index in [1.54, 1.807) is 0 Å². The Morgan fingerprint density at radius 3 is 2.31 bits per heavy atom. The highest BCUT2D eigenvalue weighted by atomic mass is 32.2. The first-order valence-corrected chi connectivity index (χ1v) is 8.21. The number of unbranched alkanes of at least 4 members (excludes halogenated alkanes) is 3. The summed E-state index contributed by atoms with van der Waals surface area (Å²) < 4.78 is 23.1. The lowest BCUT2D eigenvalue weighted by Gasteiger charge is -2.07. The van der Waals surface area contributed by atoms with Crippen molar-refractivity contribution in [2.45, 2.75) is 46.5 Å². The number of hydrogen-bond donors (Lipinski definition) is 1. The van der Waals surface area contributed by atoms with E-state index in [9.17, 15) is 8.42 Å². The lowest BCUT2D eigenvalue weighted by Crippen LogP contribution is -2.26. The smallest absolute Gasteiger partial charge is 0.151 e. The molecule has 98 valence electrons. The molecule has 0 saturated carbocycles. The van der Waals surface area contributed by atoms with Crippen LogP contribution in [0.1, 0.15) is 46.5 Å². The van der Waals surface area contributed by atoms with Crippen LogP contribution < -0.4 is 5.32 Å². The van der Waals surface area contributed by atoms with Gasteiger partial charge in [-0.3, -0.25) is 0 Å². The Bertz CT molecular complexity index is 248. The summed E-state index contributed by atoms with van der Waals surface area (Å²) in [4.78, 5) is 0. The van der Waals surface area contributed by atoms with Crippen LogP contribution in [0, 0.1) is 5.92 Å². The monoisotopic (exact) mass is 249 g/mol. The zero-order valence-electron chi connectivity index (χ0n) is 11.0. The Labute approximate surface area is 101 Å². The summed E-state index contributed by atoms with van der Waals surface area (Å²) in [5.74, 6) is 0.818. The van der Waals surface area contributed by atoms with Gasteiger partial charge in [0.05, 0.1) is 11.5 Å². The van der Waals surface area contributed by atoms with Gasteiger partial charge in [0.25, 0.3) is 0 Å². The van der Waals surface area contributed by atoms with E-state index in [2.05, 4.69) is 12.2 Å². The van der Waals surface area contributed by atoms with Crippen LogP contribution >= 0.6 is 0 Å². The number of hydrogen-bond acceptors (Lipinski definition) is 3. The fraction of sp³-hybridized carbons (Fsp3) is 1.00. The first-order valence-electron chi connectivity index (χ1n) is 6.39. The Morgan fingerprint density at radius 1 is 1.06 bits per heavy atom. The summed E-state index contributed by atoms with van der Waals surface area (Å²) in [6.45, 7) is 7.61. The molecule has 0 bridgehead atoms. The van der Waals surface area contributed by atoms with E-state index in [1.165, 1.54) is 19.3 Å². The van der Waals surface area contributed by atoms with Crippen LogP contribution in [0.4, 0.5) is 0 Å². The Hall–Kier alpha value is -0.0900. The summed E-state index contributed by atoms with van der Waals surface area (Å²) >= 11 is 0. The maximum absolute atomic E-state index is 11.5. The quantitative estimate of drug-likeness (QED) is 0.604. The molecule has 1 N–H and O–H groups in total. The molecule has 0 atom stereocenters. The highest BCUT2D eigenvalue weighted by Crippen LogP contribution is 2.00. The molecule has 0 radical (unpaired) electrons. The molecule has 0 aromatic rings. The van der Waals surface area contributed by atoms with Gasteiger partial charge >= 0.3 is 0 Å². The molecule has 0 heterocycles. The standard InChI is InChI=1S/C12H27NO2S/c1-4-5-6-7-8-13-9-10-16(14,15)11-12(2)3/h12-13H,4-11H2,1-3H3. The maximum Gasteiger partial charge on any atom is 0.151 e. The van der Waals surface area contributed by atoms with Gasteiger partial charge in [-0.2, -0.15) is 0 Å². The third-order valence-corrected chi connectivity index (χ3v) is 4.38. The fourth-order valence-electron chi connectivity index (χ4n) is 1.62. The number of rotatable bonds is 10. The SMILES string of the molecule is CCCCCCNCCS(=O)(=O)CC(C)C. The van der Waals surface area contributed by atoms with Crippen LogP contribution in [0.15, 0.2) is 0 Å². The maximum atomic E-state index is 11.5. The molecule has 3 nitrogen and oxygen atoms in total. The summed E-state index contributed by atoms with van der Waals surface area (Å²) in [6, 6.07) is 0. The van der Waals surface area contributed by atoms with Crippen molar-refractivity contribution in [1.82, 2.24) is 5.32 Å². The predicted octanol–water partition coefficient (Wildman–Crippen LogP) is 2.23. The second-order valence-corrected chi connectivity index (χ2v) is 7.05. The van der Waals surface area contributed by atoms with Gasteiger partial charge in [-0.25, -0.2) is 8.42 Å². The minimum absolute atomic E-state index is 0.231. The van der Waals surface area contributed by atoms with Crippen molar-refractivity contribution in [1.29, 1.82) is 0 Å².